The van der Waals surface area contributed by atoms with Crippen LogP contribution in [0.5, 0.6) is 0 Å². The Balaban J connectivity index is 1.47. The lowest BCUT2D eigenvalue weighted by Gasteiger charge is -2.46. The van der Waals surface area contributed by atoms with Crippen LogP contribution in [-0.4, -0.2) is 79.4 Å². The van der Waals surface area contributed by atoms with Crippen molar-refractivity contribution in [3.8, 4) is 0 Å². The monoisotopic (exact) mass is 431 g/mol. The zero-order valence-corrected chi connectivity index (χ0v) is 19.3. The summed E-state index contributed by atoms with van der Waals surface area (Å²) < 4.78 is 13.2. The number of methoxy groups -OCH3 is 1. The van der Waals surface area contributed by atoms with Crippen molar-refractivity contribution in [2.24, 2.45) is 5.92 Å². The number of carbonyl (C=O) groups excluding carboxylic acids is 1. The first kappa shape index (κ1) is 22.8. The summed E-state index contributed by atoms with van der Waals surface area (Å²) in [5.41, 5.74) is -0.151. The highest BCUT2D eigenvalue weighted by atomic mass is 16.5. The summed E-state index contributed by atoms with van der Waals surface area (Å²) in [5, 5.41) is 0. The van der Waals surface area contributed by atoms with Gasteiger partial charge in [-0.05, 0) is 76.1 Å². The third-order valence-corrected chi connectivity index (χ3v) is 7.87. The Labute approximate surface area is 187 Å². The number of ether oxygens (including phenoxy) is 2. The summed E-state index contributed by atoms with van der Waals surface area (Å²) in [6.45, 7) is 6.37. The zero-order valence-electron chi connectivity index (χ0n) is 19.3. The summed E-state index contributed by atoms with van der Waals surface area (Å²) in [6, 6.07) is 4.80. The molecule has 1 amide bonds. The molecule has 0 N–H and O–H groups in total. The molecule has 0 aliphatic carbocycles. The van der Waals surface area contributed by atoms with Gasteiger partial charge in [0.25, 0.3) is 0 Å². The molecule has 3 aliphatic rings. The van der Waals surface area contributed by atoms with Gasteiger partial charge in [0.15, 0.2) is 0 Å². The number of hydrogen-bond acceptors (Lipinski definition) is 4. The minimum atomic E-state index is -0.151. The molecule has 1 aromatic heterocycles. The fraction of sp³-hybridized carbons (Fsp3) is 0.800. The molecule has 31 heavy (non-hydrogen) atoms. The van der Waals surface area contributed by atoms with Crippen molar-refractivity contribution in [2.75, 3.05) is 53.1 Å². The van der Waals surface area contributed by atoms with Crippen LogP contribution in [-0.2, 0) is 19.8 Å². The summed E-state index contributed by atoms with van der Waals surface area (Å²) in [7, 11) is 1.75. The van der Waals surface area contributed by atoms with Gasteiger partial charge in [0.1, 0.15) is 0 Å². The average molecular weight is 432 g/mol. The van der Waals surface area contributed by atoms with Crippen molar-refractivity contribution < 1.29 is 14.3 Å². The van der Waals surface area contributed by atoms with Gasteiger partial charge in [-0.2, -0.15) is 0 Å². The molecular weight excluding hydrogens is 390 g/mol. The molecule has 0 bridgehead atoms. The van der Waals surface area contributed by atoms with Crippen LogP contribution in [0, 0.1) is 5.92 Å². The third-order valence-electron chi connectivity index (χ3n) is 7.87. The van der Waals surface area contributed by atoms with E-state index in [0.29, 0.717) is 30.9 Å². The van der Waals surface area contributed by atoms with Crippen LogP contribution in [0.3, 0.4) is 0 Å². The molecule has 0 unspecified atom stereocenters. The predicted molar refractivity (Wildman–Crippen MR) is 122 cm³/mol. The van der Waals surface area contributed by atoms with Crippen LogP contribution in [0.15, 0.2) is 24.5 Å². The summed E-state index contributed by atoms with van der Waals surface area (Å²) in [6.07, 6.45) is 14.0. The highest BCUT2D eigenvalue weighted by Crippen LogP contribution is 2.35. The van der Waals surface area contributed by atoms with E-state index >= 15 is 0 Å². The molecule has 6 heteroatoms. The number of amides is 1. The second kappa shape index (κ2) is 11.0. The van der Waals surface area contributed by atoms with Crippen LogP contribution in [0.2, 0.25) is 0 Å². The molecule has 4 heterocycles. The Kier molecular flexibility index (Phi) is 8.07. The van der Waals surface area contributed by atoms with E-state index in [1.165, 1.54) is 45.2 Å². The summed E-state index contributed by atoms with van der Waals surface area (Å²) in [5.74, 6) is 0.914. The second-order valence-corrected chi connectivity index (χ2v) is 9.79. The Morgan fingerprint density at radius 1 is 1.13 bits per heavy atom. The van der Waals surface area contributed by atoms with E-state index in [4.69, 9.17) is 9.47 Å². The molecule has 0 saturated carbocycles. The highest BCUT2D eigenvalue weighted by Gasteiger charge is 2.39. The van der Waals surface area contributed by atoms with E-state index < -0.39 is 0 Å². The van der Waals surface area contributed by atoms with Crippen LogP contribution in [0.1, 0.15) is 57.8 Å². The van der Waals surface area contributed by atoms with Crippen molar-refractivity contribution in [1.29, 1.82) is 0 Å². The zero-order chi connectivity index (χ0) is 21.5. The quantitative estimate of drug-likeness (QED) is 0.562. The molecular formula is C25H41N3O3. The summed E-state index contributed by atoms with van der Waals surface area (Å²) >= 11 is 0. The van der Waals surface area contributed by atoms with Gasteiger partial charge in [-0.3, -0.25) is 4.79 Å². The van der Waals surface area contributed by atoms with E-state index in [0.717, 1.165) is 45.6 Å². The smallest absolute Gasteiger partial charge is 0.224 e. The van der Waals surface area contributed by atoms with Crippen molar-refractivity contribution >= 4 is 5.91 Å². The number of aromatic nitrogens is 1. The van der Waals surface area contributed by atoms with E-state index in [9.17, 15) is 4.79 Å². The van der Waals surface area contributed by atoms with Crippen molar-refractivity contribution in [1.82, 2.24) is 14.4 Å². The SMILES string of the molecule is COCCCN(C[C@@H]1CCCN2CCCC[C@H]12)C(=O)CC1(n2cccc2)CCOCC1. The van der Waals surface area contributed by atoms with Crippen LogP contribution in [0.25, 0.3) is 0 Å². The molecule has 174 valence electrons. The maximum Gasteiger partial charge on any atom is 0.224 e. The van der Waals surface area contributed by atoms with Gasteiger partial charge in [0.2, 0.25) is 5.91 Å². The number of fused-ring (bicyclic) bond motifs is 1. The normalized spacial score (nSPS) is 26.4. The van der Waals surface area contributed by atoms with Crippen LogP contribution in [0.4, 0.5) is 0 Å². The molecule has 6 nitrogen and oxygen atoms in total. The van der Waals surface area contributed by atoms with Gasteiger partial charge >= 0.3 is 0 Å². The fourth-order valence-electron chi connectivity index (χ4n) is 6.11. The lowest BCUT2D eigenvalue weighted by molar-refractivity contribution is -0.136. The van der Waals surface area contributed by atoms with E-state index in [1.54, 1.807) is 7.11 Å². The first-order chi connectivity index (χ1) is 15.2. The lowest BCUT2D eigenvalue weighted by atomic mass is 9.82. The second-order valence-electron chi connectivity index (χ2n) is 9.79. The Morgan fingerprint density at radius 3 is 2.68 bits per heavy atom. The van der Waals surface area contributed by atoms with Crippen molar-refractivity contribution in [3.63, 3.8) is 0 Å². The minimum absolute atomic E-state index is 0.151. The van der Waals surface area contributed by atoms with Gasteiger partial charge in [0.05, 0.1) is 12.0 Å². The van der Waals surface area contributed by atoms with E-state index in [1.807, 2.05) is 0 Å². The number of carbonyl (C=O) groups is 1. The highest BCUT2D eigenvalue weighted by molar-refractivity contribution is 5.77. The largest absolute Gasteiger partial charge is 0.385 e. The Hall–Kier alpha value is -1.37. The molecule has 0 radical (unpaired) electrons. The molecule has 1 aromatic rings. The maximum absolute atomic E-state index is 13.8. The van der Waals surface area contributed by atoms with Gasteiger partial charge < -0.3 is 23.8 Å². The third kappa shape index (κ3) is 5.52. The number of rotatable bonds is 9. The van der Waals surface area contributed by atoms with Crippen LogP contribution < -0.4 is 0 Å². The van der Waals surface area contributed by atoms with Crippen LogP contribution >= 0.6 is 0 Å². The molecule has 3 fully saturated rings. The minimum Gasteiger partial charge on any atom is -0.385 e. The van der Waals surface area contributed by atoms with Crippen molar-refractivity contribution in [2.45, 2.75) is 69.4 Å². The molecule has 0 aromatic carbocycles. The Morgan fingerprint density at radius 2 is 1.90 bits per heavy atom. The molecule has 0 spiro atoms. The molecule has 3 saturated heterocycles. The van der Waals surface area contributed by atoms with E-state index in [-0.39, 0.29) is 5.54 Å². The fourth-order valence-corrected chi connectivity index (χ4v) is 6.11. The van der Waals surface area contributed by atoms with Gasteiger partial charge in [-0.1, -0.05) is 6.42 Å². The van der Waals surface area contributed by atoms with Crippen molar-refractivity contribution in [3.05, 3.63) is 24.5 Å². The maximum atomic E-state index is 13.8. The first-order valence-corrected chi connectivity index (χ1v) is 12.4. The predicted octanol–water partition coefficient (Wildman–Crippen LogP) is 3.51. The topological polar surface area (TPSA) is 46.9 Å². The number of hydrogen-bond donors (Lipinski definition) is 0. The van der Waals surface area contributed by atoms with Gasteiger partial charge in [-0.25, -0.2) is 0 Å². The molecule has 2 atom stereocenters. The standard InChI is InChI=1S/C25H41N3O3/c1-30-17-7-14-27(21-22-8-6-13-26-12-3-2-9-23(22)26)24(29)20-25(10-18-31-19-11-25)28-15-4-5-16-28/h4-5,15-16,22-23H,2-3,6-14,17-21H2,1H3/t22-,23+/m0/s1. The van der Waals surface area contributed by atoms with Gasteiger partial charge in [-0.15, -0.1) is 0 Å². The number of piperidine rings is 2. The molecule has 4 rings (SSSR count). The number of nitrogens with zero attached hydrogens (tertiary/aromatic N) is 3. The average Bonchev–Trinajstić information content (AvgIpc) is 3.35. The summed E-state index contributed by atoms with van der Waals surface area (Å²) in [4.78, 5) is 18.6. The first-order valence-electron chi connectivity index (χ1n) is 12.4. The Bertz CT molecular complexity index is 670. The van der Waals surface area contributed by atoms with E-state index in [2.05, 4.69) is 38.9 Å². The van der Waals surface area contributed by atoms with Gasteiger partial charge in [0, 0.05) is 58.5 Å². The lowest BCUT2D eigenvalue weighted by Crippen LogP contribution is -2.52. The molecule has 3 aliphatic heterocycles.